The van der Waals surface area contributed by atoms with Crippen LogP contribution in [0.5, 0.6) is 0 Å². The Bertz CT molecular complexity index is 975. The molecule has 6 heteroatoms. The number of carbonyl (C=O) groups is 1. The van der Waals surface area contributed by atoms with E-state index in [-0.39, 0.29) is 16.9 Å². The van der Waals surface area contributed by atoms with E-state index < -0.39 is 0 Å². The van der Waals surface area contributed by atoms with Gasteiger partial charge in [-0.15, -0.1) is 11.3 Å². The second-order valence-corrected chi connectivity index (χ2v) is 8.07. The molecule has 27 heavy (non-hydrogen) atoms. The maximum Gasteiger partial charge on any atom is 0.261 e. The zero-order valence-electron chi connectivity index (χ0n) is 15.1. The van der Waals surface area contributed by atoms with Gasteiger partial charge in [0.2, 0.25) is 5.43 Å². The van der Waals surface area contributed by atoms with E-state index in [9.17, 15) is 9.59 Å². The Hall–Kier alpha value is -2.47. The third-order valence-electron chi connectivity index (χ3n) is 5.21. The first-order valence-electron chi connectivity index (χ1n) is 9.40. The Kier molecular flexibility index (Phi) is 5.34. The Balaban J connectivity index is 1.64. The van der Waals surface area contributed by atoms with Gasteiger partial charge in [0.25, 0.3) is 5.91 Å². The van der Waals surface area contributed by atoms with Crippen molar-refractivity contribution in [2.45, 2.75) is 38.6 Å². The van der Waals surface area contributed by atoms with Crippen LogP contribution in [0.4, 0.5) is 0 Å². The lowest BCUT2D eigenvalue weighted by molar-refractivity contribution is 0.0695. The molecule has 1 aliphatic rings. The molecular weight excluding hydrogens is 360 g/mol. The third kappa shape index (κ3) is 3.95. The van der Waals surface area contributed by atoms with Crippen LogP contribution in [0.15, 0.2) is 51.3 Å². The molecular formula is C21H22N2O3S. The van der Waals surface area contributed by atoms with Gasteiger partial charge in [-0.2, -0.15) is 0 Å². The number of fused-ring (bicyclic) bond motifs is 1. The van der Waals surface area contributed by atoms with Gasteiger partial charge in [0.1, 0.15) is 22.4 Å². The number of carbonyl (C=O) groups excluding carboxylic acids is 1. The third-order valence-corrected chi connectivity index (χ3v) is 5.97. The number of rotatable bonds is 5. The minimum Gasteiger partial charge on any atom is -0.463 e. The standard InChI is InChI=1S/C21H22N2O3S/c24-20-16-8-4-5-9-18(16)26-14-17(20)21(25)23(13-19-22-10-11-27-19)12-15-6-2-1-3-7-15/h4-5,8-11,14-15H,1-3,6-7,12-13H2. The summed E-state index contributed by atoms with van der Waals surface area (Å²) in [6.45, 7) is 1.09. The summed E-state index contributed by atoms with van der Waals surface area (Å²) in [5.41, 5.74) is 0.327. The van der Waals surface area contributed by atoms with Gasteiger partial charge < -0.3 is 9.32 Å². The highest BCUT2D eigenvalue weighted by atomic mass is 32.1. The second-order valence-electron chi connectivity index (χ2n) is 7.09. The highest BCUT2D eigenvalue weighted by Crippen LogP contribution is 2.26. The first kappa shape index (κ1) is 17.9. The van der Waals surface area contributed by atoms with E-state index in [0.29, 0.717) is 30.0 Å². The van der Waals surface area contributed by atoms with Crippen LogP contribution in [0, 0.1) is 5.92 Å². The molecule has 1 amide bonds. The minimum absolute atomic E-state index is 0.0982. The summed E-state index contributed by atoms with van der Waals surface area (Å²) >= 11 is 1.53. The molecule has 1 aromatic carbocycles. The zero-order chi connectivity index (χ0) is 18.6. The van der Waals surface area contributed by atoms with Crippen molar-refractivity contribution in [2.24, 2.45) is 5.92 Å². The quantitative estimate of drug-likeness (QED) is 0.653. The monoisotopic (exact) mass is 382 g/mol. The Morgan fingerprint density at radius 3 is 2.81 bits per heavy atom. The zero-order valence-corrected chi connectivity index (χ0v) is 15.9. The summed E-state index contributed by atoms with van der Waals surface area (Å²) in [6, 6.07) is 7.03. The average molecular weight is 382 g/mol. The van der Waals surface area contributed by atoms with Gasteiger partial charge in [-0.1, -0.05) is 31.4 Å². The largest absolute Gasteiger partial charge is 0.463 e. The number of hydrogen-bond donors (Lipinski definition) is 0. The van der Waals surface area contributed by atoms with Crippen LogP contribution < -0.4 is 5.43 Å². The fraction of sp³-hybridized carbons (Fsp3) is 0.381. The maximum atomic E-state index is 13.3. The highest BCUT2D eigenvalue weighted by molar-refractivity contribution is 7.09. The predicted molar refractivity (Wildman–Crippen MR) is 106 cm³/mol. The van der Waals surface area contributed by atoms with Crippen molar-refractivity contribution in [1.82, 2.24) is 9.88 Å². The van der Waals surface area contributed by atoms with Gasteiger partial charge in [0, 0.05) is 18.1 Å². The lowest BCUT2D eigenvalue weighted by Crippen LogP contribution is -2.37. The average Bonchev–Trinajstić information content (AvgIpc) is 3.21. The highest BCUT2D eigenvalue weighted by Gasteiger charge is 2.25. The Morgan fingerprint density at radius 1 is 1.22 bits per heavy atom. The molecule has 1 fully saturated rings. The van der Waals surface area contributed by atoms with Crippen molar-refractivity contribution >= 4 is 28.2 Å². The summed E-state index contributed by atoms with van der Waals surface area (Å²) in [5, 5.41) is 3.22. The van der Waals surface area contributed by atoms with E-state index in [1.807, 2.05) is 11.4 Å². The molecule has 0 spiro atoms. The van der Waals surface area contributed by atoms with Crippen molar-refractivity contribution in [1.29, 1.82) is 0 Å². The molecule has 1 aliphatic carbocycles. The summed E-state index contributed by atoms with van der Waals surface area (Å²) < 4.78 is 5.56. The molecule has 0 aliphatic heterocycles. The Morgan fingerprint density at radius 2 is 2.04 bits per heavy atom. The molecule has 0 N–H and O–H groups in total. The number of hydrogen-bond acceptors (Lipinski definition) is 5. The molecule has 3 aromatic rings. The van der Waals surface area contributed by atoms with Gasteiger partial charge in [0.05, 0.1) is 11.9 Å². The molecule has 4 rings (SSSR count). The molecule has 0 radical (unpaired) electrons. The fourth-order valence-corrected chi connectivity index (χ4v) is 4.42. The van der Waals surface area contributed by atoms with Gasteiger partial charge in [-0.25, -0.2) is 4.98 Å². The lowest BCUT2D eigenvalue weighted by atomic mass is 9.89. The van der Waals surface area contributed by atoms with Crippen LogP contribution in [0.1, 0.15) is 47.5 Å². The van der Waals surface area contributed by atoms with E-state index in [2.05, 4.69) is 4.98 Å². The lowest BCUT2D eigenvalue weighted by Gasteiger charge is -2.29. The van der Waals surface area contributed by atoms with E-state index in [1.165, 1.54) is 36.9 Å². The van der Waals surface area contributed by atoms with Crippen molar-refractivity contribution in [3.8, 4) is 0 Å². The van der Waals surface area contributed by atoms with Crippen LogP contribution in [-0.2, 0) is 6.54 Å². The first-order chi connectivity index (χ1) is 13.2. The van der Waals surface area contributed by atoms with Gasteiger partial charge in [0.15, 0.2) is 0 Å². The van der Waals surface area contributed by atoms with Crippen molar-refractivity contribution < 1.29 is 9.21 Å². The van der Waals surface area contributed by atoms with E-state index >= 15 is 0 Å². The van der Waals surface area contributed by atoms with Crippen molar-refractivity contribution in [3.63, 3.8) is 0 Å². The van der Waals surface area contributed by atoms with E-state index in [0.717, 1.165) is 17.8 Å². The molecule has 2 heterocycles. The normalized spacial score (nSPS) is 15.1. The number of nitrogens with zero attached hydrogens (tertiary/aromatic N) is 2. The summed E-state index contributed by atoms with van der Waals surface area (Å²) in [5.74, 6) is 0.213. The molecule has 0 atom stereocenters. The molecule has 0 bridgehead atoms. The van der Waals surface area contributed by atoms with Crippen LogP contribution in [-0.4, -0.2) is 22.3 Å². The number of thiazole rings is 1. The first-order valence-corrected chi connectivity index (χ1v) is 10.3. The molecule has 0 unspecified atom stereocenters. The molecule has 1 saturated carbocycles. The van der Waals surface area contributed by atoms with Crippen molar-refractivity contribution in [3.05, 3.63) is 62.9 Å². The van der Waals surface area contributed by atoms with Crippen LogP contribution in [0.25, 0.3) is 11.0 Å². The number of amides is 1. The predicted octanol–water partition coefficient (Wildman–Crippen LogP) is 4.47. The SMILES string of the molecule is O=C(c1coc2ccccc2c1=O)N(Cc1nccs1)CC1CCCCC1. The number of benzene rings is 1. The van der Waals surface area contributed by atoms with E-state index in [4.69, 9.17) is 4.42 Å². The molecule has 0 saturated heterocycles. The van der Waals surface area contributed by atoms with E-state index in [1.54, 1.807) is 29.3 Å². The molecule has 140 valence electrons. The molecule has 2 aromatic heterocycles. The molecule has 5 nitrogen and oxygen atoms in total. The summed E-state index contributed by atoms with van der Waals surface area (Å²) in [6.07, 6.45) is 9.01. The summed E-state index contributed by atoms with van der Waals surface area (Å²) in [4.78, 5) is 32.2. The van der Waals surface area contributed by atoms with Crippen LogP contribution >= 0.6 is 11.3 Å². The minimum atomic E-state index is -0.269. The van der Waals surface area contributed by atoms with Gasteiger partial charge >= 0.3 is 0 Å². The van der Waals surface area contributed by atoms with Gasteiger partial charge in [-0.05, 0) is 30.9 Å². The van der Waals surface area contributed by atoms with Gasteiger partial charge in [-0.3, -0.25) is 9.59 Å². The topological polar surface area (TPSA) is 63.4 Å². The number of aromatic nitrogens is 1. The van der Waals surface area contributed by atoms with Crippen LogP contribution in [0.3, 0.4) is 0 Å². The fourth-order valence-electron chi connectivity index (χ4n) is 3.79. The van der Waals surface area contributed by atoms with Crippen LogP contribution in [0.2, 0.25) is 0 Å². The maximum absolute atomic E-state index is 13.3. The Labute approximate surface area is 161 Å². The second kappa shape index (κ2) is 8.05. The number of para-hydroxylation sites is 1. The smallest absolute Gasteiger partial charge is 0.261 e. The summed E-state index contributed by atoms with van der Waals surface area (Å²) in [7, 11) is 0. The van der Waals surface area contributed by atoms with Crippen molar-refractivity contribution in [2.75, 3.05) is 6.54 Å².